The van der Waals surface area contributed by atoms with E-state index in [2.05, 4.69) is 48.2 Å². The van der Waals surface area contributed by atoms with Crippen LogP contribution in [-0.2, 0) is 14.6 Å². The Morgan fingerprint density at radius 1 is 1.00 bits per heavy atom. The van der Waals surface area contributed by atoms with E-state index in [1.54, 1.807) is 23.1 Å². The number of halogens is 4. The molecular weight excluding hydrogens is 937 g/mol. The van der Waals surface area contributed by atoms with Crippen molar-refractivity contribution in [3.05, 3.63) is 71.0 Å². The Morgan fingerprint density at radius 3 is 2.42 bits per heavy atom. The number of rotatable bonds is 12. The van der Waals surface area contributed by atoms with Gasteiger partial charge in [0.05, 0.1) is 39.6 Å². The van der Waals surface area contributed by atoms with Crippen molar-refractivity contribution in [2.75, 3.05) is 59.0 Å². The van der Waals surface area contributed by atoms with Gasteiger partial charge in [-0.15, -0.1) is 8.78 Å². The van der Waals surface area contributed by atoms with E-state index in [0.717, 1.165) is 36.4 Å². The molecule has 1 amide bonds. The van der Waals surface area contributed by atoms with Gasteiger partial charge in [0.2, 0.25) is 11.9 Å². The van der Waals surface area contributed by atoms with Gasteiger partial charge in [0, 0.05) is 48.6 Å². The van der Waals surface area contributed by atoms with Crippen LogP contribution in [0.15, 0.2) is 59.6 Å². The number of aromatic nitrogens is 4. The highest BCUT2D eigenvalue weighted by molar-refractivity contribution is 14.1. The van der Waals surface area contributed by atoms with Crippen molar-refractivity contribution >= 4 is 73.4 Å². The van der Waals surface area contributed by atoms with Gasteiger partial charge in [0.15, 0.2) is 21.3 Å². The molecule has 0 radical (unpaired) electrons. The predicted octanol–water partition coefficient (Wildman–Crippen LogP) is 8.27. The quantitative estimate of drug-likeness (QED) is 0.103. The number of amides is 1. The Morgan fingerprint density at radius 2 is 1.73 bits per heavy atom. The molecule has 20 heteroatoms. The van der Waals surface area contributed by atoms with Crippen LogP contribution in [0.25, 0.3) is 0 Å². The van der Waals surface area contributed by atoms with Crippen LogP contribution in [0.3, 0.4) is 0 Å². The number of nitrogens with one attached hydrogen (secondary N) is 2. The summed E-state index contributed by atoms with van der Waals surface area (Å²) in [5, 5.41) is 6.74. The normalized spacial score (nSPS) is 19.4. The number of anilines is 4. The fraction of sp³-hybridized carbons (Fsp3) is 0.475. The minimum absolute atomic E-state index is 0.0222. The van der Waals surface area contributed by atoms with Crippen LogP contribution in [0.4, 0.5) is 36.8 Å². The number of ether oxygens (including phenoxy) is 4. The van der Waals surface area contributed by atoms with Crippen molar-refractivity contribution < 1.29 is 40.9 Å². The minimum Gasteiger partial charge on any atom is -0.463 e. The molecule has 2 N–H and O–H groups in total. The second-order valence-corrected chi connectivity index (χ2v) is 19.2. The fourth-order valence-electron chi connectivity index (χ4n) is 7.15. The molecule has 2 fully saturated rings. The van der Waals surface area contributed by atoms with E-state index in [9.17, 15) is 22.0 Å². The first-order valence-corrected chi connectivity index (χ1v) is 23.3. The molecule has 2 aliphatic heterocycles. The first-order valence-electron chi connectivity index (χ1n) is 19.5. The van der Waals surface area contributed by atoms with Crippen LogP contribution in [0.5, 0.6) is 17.5 Å². The number of carbonyl (C=O) groups is 1. The predicted molar refractivity (Wildman–Crippen MR) is 230 cm³/mol. The summed E-state index contributed by atoms with van der Waals surface area (Å²) in [7, 11) is -3.73. The van der Waals surface area contributed by atoms with E-state index in [1.165, 1.54) is 36.5 Å². The molecule has 1 aliphatic carbocycles. The van der Waals surface area contributed by atoms with Crippen molar-refractivity contribution in [2.45, 2.75) is 69.3 Å². The zero-order valence-electron chi connectivity index (χ0n) is 33.5. The number of alkyl halides is 3. The lowest BCUT2D eigenvalue weighted by atomic mass is 9.83. The van der Waals surface area contributed by atoms with Gasteiger partial charge in [0.1, 0.15) is 5.60 Å². The number of carbonyl (C=O) groups excluding carboxylic acids is 1. The van der Waals surface area contributed by atoms with Gasteiger partial charge in [-0.2, -0.15) is 15.0 Å². The van der Waals surface area contributed by atoms with Gasteiger partial charge < -0.3 is 39.4 Å². The third-order valence-electron chi connectivity index (χ3n) is 10.2. The van der Waals surface area contributed by atoms with Gasteiger partial charge in [-0.25, -0.2) is 13.2 Å². The Kier molecular flexibility index (Phi) is 13.0. The highest BCUT2D eigenvalue weighted by atomic mass is 127. The smallest absolute Gasteiger partial charge is 0.463 e. The molecule has 322 valence electrons. The summed E-state index contributed by atoms with van der Waals surface area (Å²) in [6.07, 6.45) is 2.57. The molecule has 1 atom stereocenters. The van der Waals surface area contributed by atoms with E-state index in [-0.39, 0.29) is 56.3 Å². The number of sulfone groups is 1. The minimum atomic E-state index is -3.91. The Hall–Kier alpha value is -4.50. The second-order valence-electron chi connectivity index (χ2n) is 15.9. The highest BCUT2D eigenvalue weighted by Gasteiger charge is 2.45. The molecular formula is C40H46ClF2IN8O7S. The average Bonchev–Trinajstić information content (AvgIpc) is 3.53. The maximum absolute atomic E-state index is 14.4. The molecule has 3 aliphatic rings. The molecule has 7 rings (SSSR count). The number of piperazine rings is 1. The largest absolute Gasteiger partial charge is 0.586 e. The van der Waals surface area contributed by atoms with Gasteiger partial charge >= 0.3 is 18.4 Å². The standard InChI is InChI=1S/C40H46ClF2IN8O7S/c1-39(2,3)59-38(53)52-19-17-51(18-20-52)36-48-35(49-37(50-36)56-23-25-12-10-24(22-44)11-13-25)47-30-21-26(60(4,54)55)14-15-29(30)46-32(33-28(41)8-6-16-45-33)27-7-5-9-31-34(27)58-40(42,43)57-31/h5-9,14-16,21,24-25,32,46H,10-13,17-20,22-23H2,1-4H3,(H,47,48,49,50)/t24?,25?,32-/m0/s1. The van der Waals surface area contributed by atoms with Crippen molar-refractivity contribution in [1.82, 2.24) is 24.8 Å². The van der Waals surface area contributed by atoms with Crippen LogP contribution in [0.1, 0.15) is 63.8 Å². The van der Waals surface area contributed by atoms with Gasteiger partial charge in [-0.05, 0) is 94.7 Å². The molecule has 0 bridgehead atoms. The van der Waals surface area contributed by atoms with Crippen molar-refractivity contribution in [1.29, 1.82) is 0 Å². The molecule has 2 aromatic carbocycles. The van der Waals surface area contributed by atoms with Crippen molar-refractivity contribution in [2.24, 2.45) is 11.8 Å². The summed E-state index contributed by atoms with van der Waals surface area (Å²) < 4.78 is 77.3. The molecule has 4 aromatic rings. The monoisotopic (exact) mass is 982 g/mol. The molecule has 0 unspecified atom stereocenters. The Bertz CT molecular complexity index is 2310. The lowest BCUT2D eigenvalue weighted by Crippen LogP contribution is -2.50. The molecule has 1 saturated carbocycles. The van der Waals surface area contributed by atoms with Crippen molar-refractivity contribution in [3.63, 3.8) is 0 Å². The Balaban J connectivity index is 1.24. The topological polar surface area (TPSA) is 170 Å². The van der Waals surface area contributed by atoms with Crippen LogP contribution >= 0.6 is 34.2 Å². The molecule has 2 aromatic heterocycles. The third kappa shape index (κ3) is 10.7. The fourth-order valence-corrected chi connectivity index (χ4v) is 8.91. The highest BCUT2D eigenvalue weighted by Crippen LogP contribution is 2.48. The summed E-state index contributed by atoms with van der Waals surface area (Å²) in [6.45, 7) is 7.32. The van der Waals surface area contributed by atoms with Crippen molar-refractivity contribution in [3.8, 4) is 17.5 Å². The summed E-state index contributed by atoms with van der Waals surface area (Å²) >= 11 is 9.11. The zero-order chi connectivity index (χ0) is 42.8. The van der Waals surface area contributed by atoms with E-state index in [4.69, 9.17) is 35.5 Å². The number of benzene rings is 2. The van der Waals surface area contributed by atoms with Crippen LogP contribution in [0.2, 0.25) is 5.02 Å². The second kappa shape index (κ2) is 17.8. The summed E-state index contributed by atoms with van der Waals surface area (Å²) in [5.41, 5.74) is 0.356. The van der Waals surface area contributed by atoms with E-state index < -0.39 is 33.9 Å². The van der Waals surface area contributed by atoms with E-state index >= 15 is 0 Å². The first-order chi connectivity index (χ1) is 28.4. The maximum atomic E-state index is 14.4. The van der Waals surface area contributed by atoms with E-state index in [0.29, 0.717) is 50.3 Å². The lowest BCUT2D eigenvalue weighted by molar-refractivity contribution is -0.287. The van der Waals surface area contributed by atoms with Crippen LogP contribution < -0.4 is 29.7 Å². The number of hydrogen-bond donors (Lipinski definition) is 2. The molecule has 15 nitrogen and oxygen atoms in total. The molecule has 1 saturated heterocycles. The number of fused-ring (bicyclic) bond motifs is 1. The molecule has 0 spiro atoms. The summed E-state index contributed by atoms with van der Waals surface area (Å²) in [4.78, 5) is 34.9. The lowest BCUT2D eigenvalue weighted by Gasteiger charge is -2.35. The Labute approximate surface area is 366 Å². The number of pyridine rings is 1. The summed E-state index contributed by atoms with van der Waals surface area (Å²) in [5.74, 6) is 0.939. The van der Waals surface area contributed by atoms with Gasteiger partial charge in [-0.3, -0.25) is 4.98 Å². The maximum Gasteiger partial charge on any atom is 0.586 e. The van der Waals surface area contributed by atoms with Gasteiger partial charge in [0.25, 0.3) is 0 Å². The SMILES string of the molecule is CC(C)(C)OC(=O)N1CCN(c2nc(Nc3cc(S(C)(=O)=O)ccc3N[C@@H](c3cccc4c3OC(F)(F)O4)c3ncccc3Cl)nc(OCC3CCC(CI)CC3)n2)CC1. The van der Waals surface area contributed by atoms with Crippen LogP contribution in [-0.4, -0.2) is 94.7 Å². The number of para-hydroxylation sites is 1. The molecule has 4 heterocycles. The first kappa shape index (κ1) is 43.6. The number of hydrogen-bond acceptors (Lipinski definition) is 14. The molecule has 60 heavy (non-hydrogen) atoms. The van der Waals surface area contributed by atoms with E-state index in [1.807, 2.05) is 25.7 Å². The van der Waals surface area contributed by atoms with Gasteiger partial charge in [-0.1, -0.05) is 46.3 Å². The number of nitrogens with zero attached hydrogens (tertiary/aromatic N) is 6. The average molecular weight is 983 g/mol. The van der Waals surface area contributed by atoms with Crippen LogP contribution in [0, 0.1) is 11.8 Å². The zero-order valence-corrected chi connectivity index (χ0v) is 37.2. The summed E-state index contributed by atoms with van der Waals surface area (Å²) in [6, 6.07) is 11.1. The third-order valence-corrected chi connectivity index (χ3v) is 12.9.